The molecule has 0 unspecified atom stereocenters. The van der Waals surface area contributed by atoms with E-state index in [1.807, 2.05) is 0 Å². The number of rotatable bonds is 3. The van der Waals surface area contributed by atoms with Crippen LogP contribution in [0.2, 0.25) is 5.02 Å². The maximum Gasteiger partial charge on any atom is 0.246 e. The minimum absolute atomic E-state index is 0.156. The van der Waals surface area contributed by atoms with E-state index >= 15 is 0 Å². The van der Waals surface area contributed by atoms with Crippen LogP contribution in [0.1, 0.15) is 11.4 Å². The van der Waals surface area contributed by atoms with Gasteiger partial charge in [-0.15, -0.1) is 0 Å². The molecule has 0 fully saturated rings. The van der Waals surface area contributed by atoms with Crippen molar-refractivity contribution in [1.82, 2.24) is 9.78 Å². The summed E-state index contributed by atoms with van der Waals surface area (Å²) < 4.78 is 27.9. The number of aromatic nitrogens is 2. The number of anilines is 2. The van der Waals surface area contributed by atoms with Gasteiger partial charge in [-0.25, -0.2) is 8.78 Å². The SMILES string of the molecule is Cc1nn(CC(=O)Nc2c(F)cc(F)cc2Cl)c(C)c1N. The maximum atomic E-state index is 13.6. The second kappa shape index (κ2) is 5.69. The number of hydrogen-bond donors (Lipinski definition) is 2. The zero-order valence-corrected chi connectivity index (χ0v) is 12.1. The number of nitrogens with two attached hydrogens (primary N) is 1. The Morgan fingerprint density at radius 3 is 2.62 bits per heavy atom. The molecule has 0 saturated carbocycles. The lowest BCUT2D eigenvalue weighted by molar-refractivity contribution is -0.117. The van der Waals surface area contributed by atoms with Crippen LogP contribution in [0.3, 0.4) is 0 Å². The van der Waals surface area contributed by atoms with Gasteiger partial charge in [0.15, 0.2) is 5.82 Å². The summed E-state index contributed by atoms with van der Waals surface area (Å²) in [5, 5.41) is 6.18. The highest BCUT2D eigenvalue weighted by molar-refractivity contribution is 6.33. The number of carbonyl (C=O) groups excluding carboxylic acids is 1. The van der Waals surface area contributed by atoms with Crippen molar-refractivity contribution in [3.63, 3.8) is 0 Å². The second-order valence-corrected chi connectivity index (χ2v) is 4.94. The van der Waals surface area contributed by atoms with Crippen LogP contribution in [-0.2, 0) is 11.3 Å². The summed E-state index contributed by atoms with van der Waals surface area (Å²) in [6.07, 6.45) is 0. The van der Waals surface area contributed by atoms with Gasteiger partial charge in [0.25, 0.3) is 0 Å². The molecule has 2 aromatic rings. The van der Waals surface area contributed by atoms with Crippen molar-refractivity contribution in [2.45, 2.75) is 20.4 Å². The summed E-state index contributed by atoms with van der Waals surface area (Å²) in [5.41, 5.74) is 7.22. The average Bonchev–Trinajstić information content (AvgIpc) is 2.61. The Labute approximate surface area is 124 Å². The Morgan fingerprint density at radius 1 is 1.43 bits per heavy atom. The number of nitrogens with one attached hydrogen (secondary N) is 1. The van der Waals surface area contributed by atoms with Crippen LogP contribution in [0.4, 0.5) is 20.2 Å². The molecule has 1 heterocycles. The first-order chi connectivity index (χ1) is 9.79. The summed E-state index contributed by atoms with van der Waals surface area (Å²) in [7, 11) is 0. The molecule has 0 atom stereocenters. The van der Waals surface area contributed by atoms with Crippen molar-refractivity contribution in [3.05, 3.63) is 40.2 Å². The lowest BCUT2D eigenvalue weighted by Gasteiger charge is -2.09. The Balaban J connectivity index is 2.17. The lowest BCUT2D eigenvalue weighted by atomic mass is 10.3. The van der Waals surface area contributed by atoms with E-state index in [0.717, 1.165) is 6.07 Å². The van der Waals surface area contributed by atoms with Gasteiger partial charge in [0.1, 0.15) is 12.4 Å². The Morgan fingerprint density at radius 2 is 2.10 bits per heavy atom. The molecular weight excluding hydrogens is 302 g/mol. The van der Waals surface area contributed by atoms with Crippen LogP contribution in [0.25, 0.3) is 0 Å². The molecule has 0 spiro atoms. The second-order valence-electron chi connectivity index (χ2n) is 4.53. The lowest BCUT2D eigenvalue weighted by Crippen LogP contribution is -2.21. The van der Waals surface area contributed by atoms with Crippen LogP contribution in [0.15, 0.2) is 12.1 Å². The molecule has 2 rings (SSSR count). The maximum absolute atomic E-state index is 13.6. The zero-order valence-electron chi connectivity index (χ0n) is 11.4. The first kappa shape index (κ1) is 15.2. The first-order valence-corrected chi connectivity index (χ1v) is 6.41. The van der Waals surface area contributed by atoms with Crippen molar-refractivity contribution in [2.24, 2.45) is 0 Å². The third kappa shape index (κ3) is 3.13. The van der Waals surface area contributed by atoms with Gasteiger partial charge in [0, 0.05) is 6.07 Å². The van der Waals surface area contributed by atoms with Crippen molar-refractivity contribution in [3.8, 4) is 0 Å². The van der Waals surface area contributed by atoms with E-state index in [1.165, 1.54) is 4.68 Å². The Kier molecular flexibility index (Phi) is 4.13. The largest absolute Gasteiger partial charge is 0.396 e. The number of hydrogen-bond acceptors (Lipinski definition) is 3. The molecule has 1 amide bonds. The van der Waals surface area contributed by atoms with Crippen LogP contribution >= 0.6 is 11.6 Å². The summed E-state index contributed by atoms with van der Waals surface area (Å²) in [6.45, 7) is 3.28. The topological polar surface area (TPSA) is 72.9 Å². The number of aryl methyl sites for hydroxylation is 1. The molecule has 0 saturated heterocycles. The van der Waals surface area contributed by atoms with Gasteiger partial charge in [-0.3, -0.25) is 9.48 Å². The van der Waals surface area contributed by atoms with E-state index in [1.54, 1.807) is 13.8 Å². The molecule has 5 nitrogen and oxygen atoms in total. The third-order valence-corrected chi connectivity index (χ3v) is 3.30. The van der Waals surface area contributed by atoms with Gasteiger partial charge >= 0.3 is 0 Å². The minimum atomic E-state index is -0.943. The minimum Gasteiger partial charge on any atom is -0.396 e. The Hall–Kier alpha value is -2.15. The molecule has 0 bridgehead atoms. The van der Waals surface area contributed by atoms with E-state index in [2.05, 4.69) is 10.4 Å². The summed E-state index contributed by atoms with van der Waals surface area (Å²) in [6, 6.07) is 1.56. The summed E-state index contributed by atoms with van der Waals surface area (Å²) >= 11 is 5.71. The molecule has 0 aliphatic rings. The van der Waals surface area contributed by atoms with E-state index in [-0.39, 0.29) is 17.3 Å². The molecule has 1 aromatic heterocycles. The number of carbonyl (C=O) groups is 1. The summed E-state index contributed by atoms with van der Waals surface area (Å²) in [4.78, 5) is 11.9. The fourth-order valence-corrected chi connectivity index (χ4v) is 2.08. The number of amides is 1. The van der Waals surface area contributed by atoms with Gasteiger partial charge in [-0.2, -0.15) is 5.10 Å². The van der Waals surface area contributed by atoms with Gasteiger partial charge in [-0.05, 0) is 19.9 Å². The highest BCUT2D eigenvalue weighted by atomic mass is 35.5. The molecule has 112 valence electrons. The average molecular weight is 315 g/mol. The number of benzene rings is 1. The van der Waals surface area contributed by atoms with Gasteiger partial charge in [0.05, 0.1) is 27.8 Å². The predicted molar refractivity (Wildman–Crippen MR) is 76.1 cm³/mol. The number of nitrogens with zero attached hydrogens (tertiary/aromatic N) is 2. The van der Waals surface area contributed by atoms with Crippen LogP contribution in [-0.4, -0.2) is 15.7 Å². The monoisotopic (exact) mass is 314 g/mol. The fourth-order valence-electron chi connectivity index (χ4n) is 1.84. The smallest absolute Gasteiger partial charge is 0.246 e. The number of halogens is 3. The molecule has 8 heteroatoms. The van der Waals surface area contributed by atoms with Crippen LogP contribution in [0.5, 0.6) is 0 Å². The zero-order chi connectivity index (χ0) is 15.7. The highest BCUT2D eigenvalue weighted by Crippen LogP contribution is 2.26. The molecule has 1 aromatic carbocycles. The number of nitrogen functional groups attached to an aromatic ring is 1. The molecule has 0 aliphatic heterocycles. The van der Waals surface area contributed by atoms with Gasteiger partial charge in [0.2, 0.25) is 5.91 Å². The standard InChI is InChI=1S/C13H13ClF2N4O/c1-6-12(17)7(2)20(19-6)5-11(21)18-13-9(14)3-8(15)4-10(13)16/h3-4H,5,17H2,1-2H3,(H,18,21). The van der Waals surface area contributed by atoms with Crippen LogP contribution in [0, 0.1) is 25.5 Å². The fraction of sp³-hybridized carbons (Fsp3) is 0.231. The predicted octanol–water partition coefficient (Wildman–Crippen LogP) is 2.65. The van der Waals surface area contributed by atoms with Crippen molar-refractivity contribution < 1.29 is 13.6 Å². The van der Waals surface area contributed by atoms with Crippen molar-refractivity contribution in [2.75, 3.05) is 11.1 Å². The molecule has 0 aliphatic carbocycles. The van der Waals surface area contributed by atoms with E-state index in [0.29, 0.717) is 23.1 Å². The highest BCUT2D eigenvalue weighted by Gasteiger charge is 2.15. The van der Waals surface area contributed by atoms with E-state index < -0.39 is 17.5 Å². The van der Waals surface area contributed by atoms with Crippen LogP contribution < -0.4 is 11.1 Å². The Bertz CT molecular complexity index is 691. The molecule has 21 heavy (non-hydrogen) atoms. The molecule has 3 N–H and O–H groups in total. The summed E-state index contributed by atoms with van der Waals surface area (Å²) in [5.74, 6) is -2.31. The first-order valence-electron chi connectivity index (χ1n) is 6.03. The van der Waals surface area contributed by atoms with Crippen molar-refractivity contribution >= 4 is 28.9 Å². The molecule has 0 radical (unpaired) electrons. The normalized spacial score (nSPS) is 10.7. The van der Waals surface area contributed by atoms with E-state index in [9.17, 15) is 13.6 Å². The van der Waals surface area contributed by atoms with E-state index in [4.69, 9.17) is 17.3 Å². The van der Waals surface area contributed by atoms with Crippen molar-refractivity contribution in [1.29, 1.82) is 0 Å². The van der Waals surface area contributed by atoms with Gasteiger partial charge in [-0.1, -0.05) is 11.6 Å². The molecular formula is C13H13ClF2N4O. The third-order valence-electron chi connectivity index (χ3n) is 3.00. The quantitative estimate of drug-likeness (QED) is 0.914. The van der Waals surface area contributed by atoms with Gasteiger partial charge < -0.3 is 11.1 Å².